The first kappa shape index (κ1) is 12.9. The number of rotatable bonds is 2. The Balaban J connectivity index is 2.22. The molecule has 1 heterocycles. The van der Waals surface area contributed by atoms with E-state index in [0.29, 0.717) is 12.1 Å². The van der Waals surface area contributed by atoms with Crippen LogP contribution in [0.1, 0.15) is 13.3 Å². The van der Waals surface area contributed by atoms with E-state index in [2.05, 4.69) is 27.9 Å². The zero-order valence-corrected chi connectivity index (χ0v) is 12.5. The molecule has 4 nitrogen and oxygen atoms in total. The van der Waals surface area contributed by atoms with Crippen LogP contribution < -0.4 is 11.1 Å². The van der Waals surface area contributed by atoms with Crippen LogP contribution in [0.3, 0.4) is 0 Å². The van der Waals surface area contributed by atoms with Gasteiger partial charge in [-0.3, -0.25) is 0 Å². The number of anilines is 2. The Morgan fingerprint density at radius 1 is 1.47 bits per heavy atom. The fraction of sp³-hybridized carbons (Fsp3) is 0.455. The molecule has 0 bridgehead atoms. The van der Waals surface area contributed by atoms with E-state index >= 15 is 0 Å². The van der Waals surface area contributed by atoms with Crippen molar-refractivity contribution in [1.82, 2.24) is 0 Å². The Hall–Kier alpha value is -0.500. The summed E-state index contributed by atoms with van der Waals surface area (Å²) in [6, 6.07) is 5.72. The predicted molar refractivity (Wildman–Crippen MR) is 78.9 cm³/mol. The molecule has 6 heteroatoms. The van der Waals surface area contributed by atoms with Gasteiger partial charge in [-0.05, 0) is 54.1 Å². The lowest BCUT2D eigenvalue weighted by Crippen LogP contribution is -2.36. The molecule has 1 unspecified atom stereocenters. The van der Waals surface area contributed by atoms with Gasteiger partial charge in [-0.2, -0.15) is 0 Å². The predicted octanol–water partition coefficient (Wildman–Crippen LogP) is 1.86. The van der Waals surface area contributed by atoms with E-state index in [1.54, 1.807) is 0 Å². The lowest BCUT2D eigenvalue weighted by Gasteiger charge is -2.26. The van der Waals surface area contributed by atoms with Gasteiger partial charge in [0, 0.05) is 9.11 Å². The molecule has 17 heavy (non-hydrogen) atoms. The molecular formula is C11H15IN2O2S. The number of nitrogen functional groups attached to an aromatic ring is 1. The topological polar surface area (TPSA) is 72.2 Å². The molecule has 0 spiro atoms. The van der Waals surface area contributed by atoms with E-state index in [1.807, 2.05) is 25.1 Å². The molecule has 0 saturated carbocycles. The van der Waals surface area contributed by atoms with Gasteiger partial charge in [-0.1, -0.05) is 0 Å². The Kier molecular flexibility index (Phi) is 3.28. The Morgan fingerprint density at radius 3 is 2.71 bits per heavy atom. The summed E-state index contributed by atoms with van der Waals surface area (Å²) < 4.78 is 24.1. The van der Waals surface area contributed by atoms with E-state index < -0.39 is 15.4 Å². The van der Waals surface area contributed by atoms with E-state index in [4.69, 9.17) is 5.73 Å². The fourth-order valence-electron chi connectivity index (χ4n) is 2.08. The van der Waals surface area contributed by atoms with Gasteiger partial charge < -0.3 is 11.1 Å². The maximum absolute atomic E-state index is 11.5. The first-order chi connectivity index (χ1) is 7.80. The first-order valence-corrected chi connectivity index (χ1v) is 8.23. The molecule has 0 aliphatic carbocycles. The van der Waals surface area contributed by atoms with Crippen LogP contribution in [0.4, 0.5) is 11.4 Å². The maximum atomic E-state index is 11.5. The molecule has 1 aromatic carbocycles. The summed E-state index contributed by atoms with van der Waals surface area (Å²) in [7, 11) is -2.90. The summed E-state index contributed by atoms with van der Waals surface area (Å²) in [6.07, 6.45) is 0.626. The van der Waals surface area contributed by atoms with Gasteiger partial charge >= 0.3 is 0 Å². The number of sulfone groups is 1. The zero-order valence-electron chi connectivity index (χ0n) is 9.53. The minimum atomic E-state index is -2.90. The van der Waals surface area contributed by atoms with Crippen LogP contribution in [-0.2, 0) is 9.84 Å². The maximum Gasteiger partial charge on any atom is 0.152 e. The van der Waals surface area contributed by atoms with E-state index in [-0.39, 0.29) is 11.5 Å². The second-order valence-corrected chi connectivity index (χ2v) is 8.19. The highest BCUT2D eigenvalue weighted by atomic mass is 127. The van der Waals surface area contributed by atoms with E-state index in [0.717, 1.165) is 9.26 Å². The molecule has 1 aliphatic heterocycles. The number of hydrogen-bond acceptors (Lipinski definition) is 4. The van der Waals surface area contributed by atoms with Crippen LogP contribution in [0.5, 0.6) is 0 Å². The van der Waals surface area contributed by atoms with Crippen molar-refractivity contribution in [2.75, 3.05) is 22.6 Å². The van der Waals surface area contributed by atoms with Crippen molar-refractivity contribution in [3.8, 4) is 0 Å². The molecule has 94 valence electrons. The van der Waals surface area contributed by atoms with Crippen molar-refractivity contribution in [1.29, 1.82) is 0 Å². The number of nitrogens with two attached hydrogens (primary N) is 1. The molecule has 1 saturated heterocycles. The van der Waals surface area contributed by atoms with Gasteiger partial charge in [0.15, 0.2) is 9.84 Å². The summed E-state index contributed by atoms with van der Waals surface area (Å²) in [4.78, 5) is 0. The number of halogens is 1. The van der Waals surface area contributed by atoms with Gasteiger partial charge in [-0.15, -0.1) is 0 Å². The van der Waals surface area contributed by atoms with Crippen molar-refractivity contribution in [3.05, 3.63) is 21.8 Å². The van der Waals surface area contributed by atoms with Gasteiger partial charge in [0.1, 0.15) is 0 Å². The molecule has 0 aromatic heterocycles. The van der Waals surface area contributed by atoms with Gasteiger partial charge in [0.2, 0.25) is 0 Å². The van der Waals surface area contributed by atoms with E-state index in [1.165, 1.54) is 0 Å². The van der Waals surface area contributed by atoms with Gasteiger partial charge in [0.05, 0.1) is 22.9 Å². The van der Waals surface area contributed by atoms with Crippen LogP contribution in [0.2, 0.25) is 0 Å². The number of hydrogen-bond donors (Lipinski definition) is 2. The molecular weight excluding hydrogens is 351 g/mol. The van der Waals surface area contributed by atoms with E-state index in [9.17, 15) is 8.42 Å². The SMILES string of the molecule is CC1(Nc2ccc(I)cc2N)CCS(=O)(=O)C1. The van der Waals surface area contributed by atoms with Crippen LogP contribution in [0.15, 0.2) is 18.2 Å². The molecule has 1 aromatic rings. The molecule has 1 fully saturated rings. The van der Waals surface area contributed by atoms with Crippen molar-refractivity contribution >= 4 is 43.8 Å². The highest BCUT2D eigenvalue weighted by Crippen LogP contribution is 2.30. The van der Waals surface area contributed by atoms with Crippen LogP contribution in [0.25, 0.3) is 0 Å². The monoisotopic (exact) mass is 366 g/mol. The Morgan fingerprint density at radius 2 is 2.18 bits per heavy atom. The molecule has 3 N–H and O–H groups in total. The third kappa shape index (κ3) is 3.04. The molecule has 0 radical (unpaired) electrons. The van der Waals surface area contributed by atoms with Gasteiger partial charge in [-0.25, -0.2) is 8.42 Å². The minimum absolute atomic E-state index is 0.172. The lowest BCUT2D eigenvalue weighted by atomic mass is 10.0. The summed E-state index contributed by atoms with van der Waals surface area (Å²) in [5, 5.41) is 3.26. The summed E-state index contributed by atoms with van der Waals surface area (Å²) in [6.45, 7) is 1.93. The third-order valence-electron chi connectivity index (χ3n) is 2.95. The largest absolute Gasteiger partial charge is 0.397 e. The lowest BCUT2D eigenvalue weighted by molar-refractivity contribution is 0.574. The summed E-state index contributed by atoms with van der Waals surface area (Å²) in [5.41, 5.74) is 6.97. The number of nitrogens with one attached hydrogen (secondary N) is 1. The van der Waals surface area contributed by atoms with Crippen molar-refractivity contribution in [3.63, 3.8) is 0 Å². The molecule has 1 atom stereocenters. The molecule has 1 aliphatic rings. The van der Waals surface area contributed by atoms with Crippen molar-refractivity contribution in [2.24, 2.45) is 0 Å². The van der Waals surface area contributed by atoms with Crippen LogP contribution >= 0.6 is 22.6 Å². The molecule has 0 amide bonds. The highest BCUT2D eigenvalue weighted by Gasteiger charge is 2.38. The second kappa shape index (κ2) is 4.31. The van der Waals surface area contributed by atoms with Crippen molar-refractivity contribution in [2.45, 2.75) is 18.9 Å². The average Bonchev–Trinajstić information content (AvgIpc) is 2.46. The molecule has 2 rings (SSSR count). The first-order valence-electron chi connectivity index (χ1n) is 5.33. The van der Waals surface area contributed by atoms with Gasteiger partial charge in [0.25, 0.3) is 0 Å². The Bertz CT molecular complexity index is 544. The van der Waals surface area contributed by atoms with Crippen molar-refractivity contribution < 1.29 is 8.42 Å². The minimum Gasteiger partial charge on any atom is -0.397 e. The average molecular weight is 366 g/mol. The quantitative estimate of drug-likeness (QED) is 0.619. The summed E-state index contributed by atoms with van der Waals surface area (Å²) in [5.74, 6) is 0.423. The second-order valence-electron chi connectivity index (χ2n) is 4.76. The zero-order chi connectivity index (χ0) is 12.7. The Labute approximate surface area is 115 Å². The normalized spacial score (nSPS) is 26.9. The fourth-order valence-corrected chi connectivity index (χ4v) is 4.69. The van der Waals surface area contributed by atoms with Crippen LogP contribution in [0, 0.1) is 3.57 Å². The highest BCUT2D eigenvalue weighted by molar-refractivity contribution is 14.1. The third-order valence-corrected chi connectivity index (χ3v) is 5.53. The number of benzene rings is 1. The smallest absolute Gasteiger partial charge is 0.152 e. The van der Waals surface area contributed by atoms with Crippen LogP contribution in [-0.4, -0.2) is 25.5 Å². The standard InChI is InChI=1S/C11H15IN2O2S/c1-11(4-5-17(15,16)7-11)14-10-3-2-8(12)6-9(10)13/h2-3,6,14H,4-5,7,13H2,1H3. The summed E-state index contributed by atoms with van der Waals surface area (Å²) >= 11 is 2.19.